The summed E-state index contributed by atoms with van der Waals surface area (Å²) in [6, 6.07) is 7.53. The van der Waals surface area contributed by atoms with Gasteiger partial charge in [0.1, 0.15) is 0 Å². The lowest BCUT2D eigenvalue weighted by molar-refractivity contribution is -0.126. The van der Waals surface area contributed by atoms with Crippen molar-refractivity contribution in [3.8, 4) is 0 Å². The van der Waals surface area contributed by atoms with Crippen molar-refractivity contribution in [2.45, 2.75) is 32.4 Å². The minimum Gasteiger partial charge on any atom is -0.387 e. The van der Waals surface area contributed by atoms with Gasteiger partial charge in [-0.1, -0.05) is 36.8 Å². The molecule has 0 aliphatic heterocycles. The number of nitrogens with one attached hydrogen (secondary N) is 1. The van der Waals surface area contributed by atoms with Gasteiger partial charge >= 0.3 is 0 Å². The molecule has 0 aliphatic carbocycles. The van der Waals surface area contributed by atoms with Crippen LogP contribution < -0.4 is 5.32 Å². The summed E-state index contributed by atoms with van der Waals surface area (Å²) >= 11 is 0. The molecule has 0 saturated carbocycles. The highest BCUT2D eigenvalue weighted by Gasteiger charge is 2.19. The summed E-state index contributed by atoms with van der Waals surface area (Å²) in [6.45, 7) is 4.22. The van der Waals surface area contributed by atoms with E-state index in [2.05, 4.69) is 5.32 Å². The fraction of sp³-hybridized carbons (Fsp3) is 0.533. The van der Waals surface area contributed by atoms with E-state index in [0.717, 1.165) is 17.5 Å². The van der Waals surface area contributed by atoms with Gasteiger partial charge in [-0.3, -0.25) is 9.69 Å². The Hall–Kier alpha value is -1.39. The van der Waals surface area contributed by atoms with E-state index in [1.165, 1.54) is 0 Å². The minimum atomic E-state index is -0.663. The number of carbonyl (C=O) groups is 1. The Morgan fingerprint density at radius 3 is 2.37 bits per heavy atom. The third-order valence-corrected chi connectivity index (χ3v) is 3.24. The van der Waals surface area contributed by atoms with Crippen molar-refractivity contribution in [2.24, 2.45) is 0 Å². The van der Waals surface area contributed by atoms with Crippen LogP contribution in [-0.2, 0) is 4.79 Å². The first-order valence-corrected chi connectivity index (χ1v) is 6.64. The highest BCUT2D eigenvalue weighted by molar-refractivity contribution is 5.81. The quantitative estimate of drug-likeness (QED) is 0.818. The average molecular weight is 264 g/mol. The molecule has 4 nitrogen and oxygen atoms in total. The maximum atomic E-state index is 11.9. The molecular weight excluding hydrogens is 240 g/mol. The number of nitrogens with zero attached hydrogens (tertiary/aromatic N) is 1. The van der Waals surface area contributed by atoms with Crippen LogP contribution in [0.15, 0.2) is 24.3 Å². The number of benzene rings is 1. The van der Waals surface area contributed by atoms with E-state index >= 15 is 0 Å². The highest BCUT2D eigenvalue weighted by atomic mass is 16.3. The molecule has 19 heavy (non-hydrogen) atoms. The molecule has 4 heteroatoms. The molecule has 2 N–H and O–H groups in total. The Kier molecular flexibility index (Phi) is 5.99. The number of rotatable bonds is 6. The molecule has 0 spiro atoms. The van der Waals surface area contributed by atoms with Gasteiger partial charge in [0, 0.05) is 6.54 Å². The number of hydrogen-bond acceptors (Lipinski definition) is 3. The second-order valence-corrected chi connectivity index (χ2v) is 5.06. The fourth-order valence-electron chi connectivity index (χ4n) is 2.01. The zero-order chi connectivity index (χ0) is 14.4. The van der Waals surface area contributed by atoms with Crippen LogP contribution in [0.5, 0.6) is 0 Å². The molecule has 2 unspecified atom stereocenters. The van der Waals surface area contributed by atoms with Crippen molar-refractivity contribution < 1.29 is 9.90 Å². The second-order valence-electron chi connectivity index (χ2n) is 5.06. The molecule has 0 radical (unpaired) electrons. The monoisotopic (exact) mass is 264 g/mol. The van der Waals surface area contributed by atoms with Crippen LogP contribution in [0.2, 0.25) is 0 Å². The lowest BCUT2D eigenvalue weighted by Gasteiger charge is -2.22. The minimum absolute atomic E-state index is 0.0429. The first kappa shape index (κ1) is 15.7. The predicted molar refractivity (Wildman–Crippen MR) is 76.9 cm³/mol. The van der Waals surface area contributed by atoms with Gasteiger partial charge in [0.2, 0.25) is 5.91 Å². The van der Waals surface area contributed by atoms with E-state index in [0.29, 0.717) is 0 Å². The van der Waals surface area contributed by atoms with Gasteiger partial charge in [-0.25, -0.2) is 0 Å². The summed E-state index contributed by atoms with van der Waals surface area (Å²) in [5, 5.41) is 12.8. The highest BCUT2D eigenvalue weighted by Crippen LogP contribution is 2.12. The van der Waals surface area contributed by atoms with Crippen molar-refractivity contribution in [1.82, 2.24) is 10.2 Å². The van der Waals surface area contributed by atoms with Crippen LogP contribution in [0, 0.1) is 6.92 Å². The van der Waals surface area contributed by atoms with Crippen LogP contribution in [-0.4, -0.2) is 42.6 Å². The zero-order valence-corrected chi connectivity index (χ0v) is 12.2. The lowest BCUT2D eigenvalue weighted by atomic mass is 10.1. The molecule has 1 rings (SSSR count). The van der Waals surface area contributed by atoms with Crippen LogP contribution >= 0.6 is 0 Å². The Labute approximate surface area is 115 Å². The van der Waals surface area contributed by atoms with E-state index in [1.54, 1.807) is 0 Å². The first-order valence-electron chi connectivity index (χ1n) is 6.64. The van der Waals surface area contributed by atoms with Crippen molar-refractivity contribution >= 4 is 5.91 Å². The fourth-order valence-corrected chi connectivity index (χ4v) is 2.01. The topological polar surface area (TPSA) is 52.6 Å². The number of likely N-dealkylation sites (N-methyl/N-ethyl adjacent to an activating group) is 1. The summed E-state index contributed by atoms with van der Waals surface area (Å²) in [7, 11) is 3.76. The van der Waals surface area contributed by atoms with Crippen molar-refractivity contribution in [2.75, 3.05) is 20.6 Å². The summed E-state index contributed by atoms with van der Waals surface area (Å²) in [5.74, 6) is -0.0429. The van der Waals surface area contributed by atoms with Gasteiger partial charge in [0.05, 0.1) is 12.1 Å². The maximum Gasteiger partial charge on any atom is 0.237 e. The molecule has 0 fully saturated rings. The molecular formula is C15H24N2O2. The van der Waals surface area contributed by atoms with Crippen molar-refractivity contribution in [3.05, 3.63) is 35.4 Å². The van der Waals surface area contributed by atoms with Crippen molar-refractivity contribution in [3.63, 3.8) is 0 Å². The van der Waals surface area contributed by atoms with E-state index in [-0.39, 0.29) is 18.5 Å². The van der Waals surface area contributed by atoms with E-state index < -0.39 is 6.10 Å². The SMILES string of the molecule is CCC(C(=O)NCC(O)c1ccc(C)cc1)N(C)C. The van der Waals surface area contributed by atoms with Crippen LogP contribution in [0.25, 0.3) is 0 Å². The van der Waals surface area contributed by atoms with Gasteiger partial charge in [0.15, 0.2) is 0 Å². The second kappa shape index (κ2) is 7.26. The van der Waals surface area contributed by atoms with E-state index in [4.69, 9.17) is 0 Å². The molecule has 0 bridgehead atoms. The van der Waals surface area contributed by atoms with Crippen molar-refractivity contribution in [1.29, 1.82) is 0 Å². The number of aliphatic hydroxyl groups excluding tert-OH is 1. The number of carbonyl (C=O) groups excluding carboxylic acids is 1. The Balaban J connectivity index is 2.52. The smallest absolute Gasteiger partial charge is 0.237 e. The summed E-state index contributed by atoms with van der Waals surface area (Å²) in [4.78, 5) is 13.8. The van der Waals surface area contributed by atoms with Gasteiger partial charge in [-0.05, 0) is 33.0 Å². The molecule has 0 aromatic heterocycles. The van der Waals surface area contributed by atoms with Gasteiger partial charge in [0.25, 0.3) is 0 Å². The largest absolute Gasteiger partial charge is 0.387 e. The number of aliphatic hydroxyl groups is 1. The third kappa shape index (κ3) is 4.65. The molecule has 106 valence electrons. The molecule has 1 aromatic carbocycles. The summed E-state index contributed by atoms with van der Waals surface area (Å²) in [5.41, 5.74) is 1.97. The van der Waals surface area contributed by atoms with Gasteiger partial charge in [-0.15, -0.1) is 0 Å². The molecule has 0 aliphatic rings. The van der Waals surface area contributed by atoms with E-state index in [9.17, 15) is 9.90 Å². The zero-order valence-electron chi connectivity index (χ0n) is 12.2. The van der Waals surface area contributed by atoms with Crippen LogP contribution in [0.4, 0.5) is 0 Å². The Morgan fingerprint density at radius 2 is 1.89 bits per heavy atom. The Morgan fingerprint density at radius 1 is 1.32 bits per heavy atom. The van der Waals surface area contributed by atoms with Crippen LogP contribution in [0.3, 0.4) is 0 Å². The molecule has 2 atom stereocenters. The number of aryl methyl sites for hydroxylation is 1. The Bertz CT molecular complexity index is 401. The van der Waals surface area contributed by atoms with Gasteiger partial charge < -0.3 is 10.4 Å². The average Bonchev–Trinajstić information content (AvgIpc) is 2.37. The molecule has 0 saturated heterocycles. The van der Waals surface area contributed by atoms with Crippen LogP contribution in [0.1, 0.15) is 30.6 Å². The van der Waals surface area contributed by atoms with Gasteiger partial charge in [-0.2, -0.15) is 0 Å². The molecule has 1 amide bonds. The number of hydrogen-bond donors (Lipinski definition) is 2. The van der Waals surface area contributed by atoms with E-state index in [1.807, 2.05) is 57.1 Å². The normalized spacial score (nSPS) is 14.2. The lowest BCUT2D eigenvalue weighted by Crippen LogP contribution is -2.44. The first-order chi connectivity index (χ1) is 8.95. The summed E-state index contributed by atoms with van der Waals surface area (Å²) < 4.78 is 0. The maximum absolute atomic E-state index is 11.9. The predicted octanol–water partition coefficient (Wildman–Crippen LogP) is 1.48. The summed E-state index contributed by atoms with van der Waals surface area (Å²) in [6.07, 6.45) is 0.0867. The third-order valence-electron chi connectivity index (χ3n) is 3.24. The molecule has 0 heterocycles. The standard InChI is InChI=1S/C15H24N2O2/c1-5-13(17(3)4)15(19)16-10-14(18)12-8-6-11(2)7-9-12/h6-9,13-14,18H,5,10H2,1-4H3,(H,16,19). The number of amides is 1. The molecule has 1 aromatic rings.